The maximum absolute atomic E-state index is 10.4. The highest BCUT2D eigenvalue weighted by atomic mass is 16.2. The summed E-state index contributed by atoms with van der Waals surface area (Å²) in [6, 6.07) is 9.15. The van der Waals surface area contributed by atoms with Crippen LogP contribution in [0.25, 0.3) is 6.08 Å². The third-order valence-corrected chi connectivity index (χ3v) is 1.66. The van der Waals surface area contributed by atoms with E-state index in [0.29, 0.717) is 5.71 Å². The number of hydrazone groups is 1. The predicted octanol–water partition coefficient (Wildman–Crippen LogP) is 1.74. The van der Waals surface area contributed by atoms with Gasteiger partial charge in [0.25, 0.3) is 0 Å². The molecule has 0 atom stereocenters. The van der Waals surface area contributed by atoms with Crippen LogP contribution in [-0.2, 0) is 0 Å². The van der Waals surface area contributed by atoms with Crippen LogP contribution in [0.3, 0.4) is 0 Å². The summed E-state index contributed by atoms with van der Waals surface area (Å²) in [5.74, 6) is 0. The minimum absolute atomic E-state index is 0.664. The Labute approximate surface area is 88.5 Å². The van der Waals surface area contributed by atoms with Crippen molar-refractivity contribution in [2.75, 3.05) is 0 Å². The normalized spacial score (nSPS) is 11.7. The molecule has 1 rings (SSSR count). The van der Waals surface area contributed by atoms with Crippen molar-refractivity contribution in [1.29, 1.82) is 0 Å². The van der Waals surface area contributed by atoms with Gasteiger partial charge in [-0.1, -0.05) is 36.4 Å². The maximum Gasteiger partial charge on any atom is 0.332 e. The summed E-state index contributed by atoms with van der Waals surface area (Å²) in [6.45, 7) is 1.77. The van der Waals surface area contributed by atoms with Crippen LogP contribution in [0.1, 0.15) is 12.5 Å². The van der Waals surface area contributed by atoms with E-state index in [0.717, 1.165) is 5.56 Å². The van der Waals surface area contributed by atoms with Crippen molar-refractivity contribution in [2.45, 2.75) is 6.92 Å². The zero-order valence-corrected chi connectivity index (χ0v) is 8.47. The molecule has 4 heteroatoms. The molecule has 2 amide bonds. The van der Waals surface area contributed by atoms with E-state index in [1.807, 2.05) is 36.4 Å². The van der Waals surface area contributed by atoms with Crippen LogP contribution in [0, 0.1) is 0 Å². The summed E-state index contributed by atoms with van der Waals surface area (Å²) in [5.41, 5.74) is 8.78. The zero-order chi connectivity index (χ0) is 11.1. The lowest BCUT2D eigenvalue weighted by Gasteiger charge is -1.94. The molecular weight excluding hydrogens is 190 g/mol. The minimum Gasteiger partial charge on any atom is -0.350 e. The Morgan fingerprint density at radius 3 is 2.67 bits per heavy atom. The number of carbonyl (C=O) groups is 1. The number of benzene rings is 1. The highest BCUT2D eigenvalue weighted by Gasteiger charge is 1.88. The van der Waals surface area contributed by atoms with Crippen LogP contribution in [0.4, 0.5) is 4.79 Å². The molecule has 15 heavy (non-hydrogen) atoms. The van der Waals surface area contributed by atoms with Crippen LogP contribution in [0.2, 0.25) is 0 Å². The topological polar surface area (TPSA) is 67.5 Å². The highest BCUT2D eigenvalue weighted by molar-refractivity contribution is 5.96. The number of primary amides is 1. The lowest BCUT2D eigenvalue weighted by atomic mass is 10.2. The minimum atomic E-state index is -0.664. The second-order valence-corrected chi connectivity index (χ2v) is 2.97. The number of allylic oxidation sites excluding steroid dienone is 1. The Hall–Kier alpha value is -2.10. The predicted molar refractivity (Wildman–Crippen MR) is 61.3 cm³/mol. The summed E-state index contributed by atoms with van der Waals surface area (Å²) in [6.07, 6.45) is 3.70. The van der Waals surface area contributed by atoms with Crippen molar-refractivity contribution < 1.29 is 4.79 Å². The molecule has 1 aromatic carbocycles. The fourth-order valence-electron chi connectivity index (χ4n) is 0.962. The first-order chi connectivity index (χ1) is 7.18. The second kappa shape index (κ2) is 5.59. The molecule has 0 heterocycles. The van der Waals surface area contributed by atoms with E-state index in [1.54, 1.807) is 13.0 Å². The van der Waals surface area contributed by atoms with Crippen molar-refractivity contribution in [1.82, 2.24) is 5.43 Å². The summed E-state index contributed by atoms with van der Waals surface area (Å²) >= 11 is 0. The molecule has 3 N–H and O–H groups in total. The number of carbonyl (C=O) groups excluding carboxylic acids is 1. The third kappa shape index (κ3) is 4.61. The van der Waals surface area contributed by atoms with Gasteiger partial charge in [-0.3, -0.25) is 0 Å². The number of rotatable bonds is 3. The van der Waals surface area contributed by atoms with Crippen LogP contribution >= 0.6 is 0 Å². The first-order valence-electron chi connectivity index (χ1n) is 4.51. The summed E-state index contributed by atoms with van der Waals surface area (Å²) in [5, 5.41) is 3.74. The van der Waals surface area contributed by atoms with Gasteiger partial charge >= 0.3 is 6.03 Å². The van der Waals surface area contributed by atoms with E-state index in [2.05, 4.69) is 10.5 Å². The van der Waals surface area contributed by atoms with Crippen LogP contribution in [-0.4, -0.2) is 11.7 Å². The molecular formula is C11H13N3O. The third-order valence-electron chi connectivity index (χ3n) is 1.66. The Kier molecular flexibility index (Phi) is 4.09. The molecule has 0 radical (unpaired) electrons. The lowest BCUT2D eigenvalue weighted by molar-refractivity contribution is 0.249. The molecule has 0 aliphatic rings. The summed E-state index contributed by atoms with van der Waals surface area (Å²) in [7, 11) is 0. The van der Waals surface area contributed by atoms with E-state index < -0.39 is 6.03 Å². The number of nitrogens with one attached hydrogen (secondary N) is 1. The molecule has 0 bridgehead atoms. The van der Waals surface area contributed by atoms with E-state index in [4.69, 9.17) is 5.73 Å². The Balaban J connectivity index is 2.58. The van der Waals surface area contributed by atoms with Gasteiger partial charge in [0.1, 0.15) is 0 Å². The van der Waals surface area contributed by atoms with Crippen molar-refractivity contribution in [3.05, 3.63) is 42.0 Å². The average molecular weight is 203 g/mol. The lowest BCUT2D eigenvalue weighted by Crippen LogP contribution is -2.25. The van der Waals surface area contributed by atoms with Crippen LogP contribution in [0.15, 0.2) is 41.5 Å². The van der Waals surface area contributed by atoms with E-state index in [-0.39, 0.29) is 0 Å². The Bertz CT molecular complexity index is 382. The second-order valence-electron chi connectivity index (χ2n) is 2.97. The van der Waals surface area contributed by atoms with Gasteiger partial charge in [-0.25, -0.2) is 10.2 Å². The molecule has 0 aliphatic heterocycles. The Morgan fingerprint density at radius 1 is 1.40 bits per heavy atom. The van der Waals surface area contributed by atoms with Gasteiger partial charge in [0.15, 0.2) is 0 Å². The first kappa shape index (κ1) is 11.0. The monoisotopic (exact) mass is 203 g/mol. The molecule has 4 nitrogen and oxygen atoms in total. The molecule has 0 aromatic heterocycles. The fourth-order valence-corrected chi connectivity index (χ4v) is 0.962. The number of amides is 2. The SMILES string of the molecule is C/C(C=Cc1ccccc1)=N\NC(N)=O. The summed E-state index contributed by atoms with van der Waals surface area (Å²) in [4.78, 5) is 10.4. The molecule has 0 spiro atoms. The number of urea groups is 1. The van der Waals surface area contributed by atoms with Crippen molar-refractivity contribution >= 4 is 17.8 Å². The van der Waals surface area contributed by atoms with Crippen LogP contribution in [0.5, 0.6) is 0 Å². The van der Waals surface area contributed by atoms with Gasteiger partial charge in [-0.15, -0.1) is 0 Å². The quantitative estimate of drug-likeness (QED) is 0.570. The molecule has 1 aromatic rings. The molecule has 0 unspecified atom stereocenters. The molecule has 0 saturated carbocycles. The number of hydrogen-bond acceptors (Lipinski definition) is 2. The molecule has 0 saturated heterocycles. The largest absolute Gasteiger partial charge is 0.350 e. The van der Waals surface area contributed by atoms with Gasteiger partial charge in [0.2, 0.25) is 0 Å². The van der Waals surface area contributed by atoms with Crippen molar-refractivity contribution in [2.24, 2.45) is 10.8 Å². The average Bonchev–Trinajstić information content (AvgIpc) is 2.25. The van der Waals surface area contributed by atoms with Gasteiger partial charge < -0.3 is 5.73 Å². The number of nitrogens with zero attached hydrogens (tertiary/aromatic N) is 1. The van der Waals surface area contributed by atoms with Crippen LogP contribution < -0.4 is 11.2 Å². The smallest absolute Gasteiger partial charge is 0.332 e. The van der Waals surface area contributed by atoms with Gasteiger partial charge in [-0.05, 0) is 18.6 Å². The molecule has 0 aliphatic carbocycles. The zero-order valence-electron chi connectivity index (χ0n) is 8.47. The van der Waals surface area contributed by atoms with E-state index in [9.17, 15) is 4.79 Å². The number of nitrogens with two attached hydrogens (primary N) is 1. The molecule has 0 fully saturated rings. The van der Waals surface area contributed by atoms with E-state index >= 15 is 0 Å². The maximum atomic E-state index is 10.4. The molecule has 78 valence electrons. The highest BCUT2D eigenvalue weighted by Crippen LogP contribution is 2.00. The van der Waals surface area contributed by atoms with Gasteiger partial charge in [0, 0.05) is 0 Å². The van der Waals surface area contributed by atoms with Crippen molar-refractivity contribution in [3.63, 3.8) is 0 Å². The van der Waals surface area contributed by atoms with E-state index in [1.165, 1.54) is 0 Å². The number of hydrogen-bond donors (Lipinski definition) is 2. The summed E-state index contributed by atoms with van der Waals surface area (Å²) < 4.78 is 0. The van der Waals surface area contributed by atoms with Crippen molar-refractivity contribution in [3.8, 4) is 0 Å². The van der Waals surface area contributed by atoms with Gasteiger partial charge in [0.05, 0.1) is 5.71 Å². The fraction of sp³-hybridized carbons (Fsp3) is 0.0909. The first-order valence-corrected chi connectivity index (χ1v) is 4.51. The standard InChI is InChI=1S/C11H13N3O/c1-9(13-14-11(12)15)7-8-10-5-3-2-4-6-10/h2-8H,1H3,(H3,12,14,15)/b8-7?,13-9+. The van der Waals surface area contributed by atoms with Gasteiger partial charge in [-0.2, -0.15) is 5.10 Å². The Morgan fingerprint density at radius 2 is 2.07 bits per heavy atom.